The van der Waals surface area contributed by atoms with Crippen molar-refractivity contribution in [3.05, 3.63) is 0 Å². The molecule has 0 atom stereocenters. The van der Waals surface area contributed by atoms with Crippen LogP contribution in [0.1, 0.15) is 0 Å². The van der Waals surface area contributed by atoms with E-state index in [2.05, 4.69) is 15.4 Å². The van der Waals surface area contributed by atoms with Crippen LogP contribution in [0.15, 0.2) is 0 Å². The summed E-state index contributed by atoms with van der Waals surface area (Å²) in [4.78, 5) is 22.9. The Balaban J connectivity index is 3.36. The van der Waals surface area contributed by atoms with E-state index in [-0.39, 0.29) is 6.03 Å². The van der Waals surface area contributed by atoms with Crippen LogP contribution in [0, 0.1) is 0 Å². The van der Waals surface area contributed by atoms with E-state index in [9.17, 15) is 9.59 Å². The number of carbonyl (C=O) groups excluding carboxylic acids is 2. The molecule has 0 unspecified atom stereocenters. The molecule has 0 rings (SSSR count). The van der Waals surface area contributed by atoms with E-state index in [1.54, 1.807) is 14.1 Å². The van der Waals surface area contributed by atoms with Crippen LogP contribution < -0.4 is 10.6 Å². The lowest BCUT2D eigenvalue weighted by Gasteiger charge is -2.11. The molecule has 0 saturated heterocycles. The van der Waals surface area contributed by atoms with Crippen LogP contribution in [-0.2, 0) is 4.74 Å². The number of urea groups is 1. The van der Waals surface area contributed by atoms with Crippen molar-refractivity contribution in [1.29, 1.82) is 0 Å². The summed E-state index contributed by atoms with van der Waals surface area (Å²) in [6.07, 6.45) is -0.501. The highest BCUT2D eigenvalue weighted by Crippen LogP contribution is 1.75. The molecule has 76 valence electrons. The Hall–Kier alpha value is -1.46. The molecule has 13 heavy (non-hydrogen) atoms. The summed E-state index contributed by atoms with van der Waals surface area (Å²) in [6.45, 7) is 0.734. The minimum Gasteiger partial charge on any atom is -0.453 e. The molecule has 0 spiro atoms. The van der Waals surface area contributed by atoms with E-state index >= 15 is 0 Å². The molecule has 2 N–H and O–H groups in total. The van der Waals surface area contributed by atoms with Gasteiger partial charge in [-0.15, -0.1) is 0 Å². The van der Waals surface area contributed by atoms with Gasteiger partial charge in [0.25, 0.3) is 0 Å². The van der Waals surface area contributed by atoms with Gasteiger partial charge in [0.05, 0.1) is 7.11 Å². The number of rotatable bonds is 3. The molecule has 0 aliphatic rings. The first-order valence-electron chi connectivity index (χ1n) is 3.85. The maximum Gasteiger partial charge on any atom is 0.406 e. The standard InChI is InChI=1S/C7H15N3O3/c1-10(2)6(11)8-4-5-9-7(12)13-3/h4-5H2,1-3H3,(H,8,11)(H,9,12). The number of hydrogen-bond donors (Lipinski definition) is 2. The third-order valence-electron chi connectivity index (χ3n) is 1.26. The van der Waals surface area contributed by atoms with Crippen LogP contribution in [-0.4, -0.2) is 51.3 Å². The van der Waals surface area contributed by atoms with Crippen molar-refractivity contribution in [3.8, 4) is 0 Å². The van der Waals surface area contributed by atoms with Crippen molar-refractivity contribution >= 4 is 12.1 Å². The Morgan fingerprint density at radius 2 is 1.77 bits per heavy atom. The van der Waals surface area contributed by atoms with Crippen molar-refractivity contribution in [2.24, 2.45) is 0 Å². The van der Waals surface area contributed by atoms with Gasteiger partial charge in [0.2, 0.25) is 0 Å². The lowest BCUT2D eigenvalue weighted by molar-refractivity contribution is 0.171. The van der Waals surface area contributed by atoms with Crippen molar-refractivity contribution in [2.45, 2.75) is 0 Å². The number of nitrogens with zero attached hydrogens (tertiary/aromatic N) is 1. The minimum absolute atomic E-state index is 0.188. The zero-order valence-electron chi connectivity index (χ0n) is 8.09. The first kappa shape index (κ1) is 11.5. The van der Waals surface area contributed by atoms with Gasteiger partial charge in [-0.1, -0.05) is 0 Å². The molecule has 0 saturated carbocycles. The van der Waals surface area contributed by atoms with Crippen molar-refractivity contribution in [2.75, 3.05) is 34.3 Å². The Morgan fingerprint density at radius 3 is 2.23 bits per heavy atom. The third kappa shape index (κ3) is 5.77. The molecule has 6 heteroatoms. The van der Waals surface area contributed by atoms with E-state index in [1.165, 1.54) is 12.0 Å². The molecule has 3 amide bonds. The number of hydrogen-bond acceptors (Lipinski definition) is 3. The summed E-state index contributed by atoms with van der Waals surface area (Å²) < 4.78 is 4.33. The summed E-state index contributed by atoms with van der Waals surface area (Å²) in [5.74, 6) is 0. The van der Waals surface area contributed by atoms with Gasteiger partial charge in [-0.05, 0) is 0 Å². The van der Waals surface area contributed by atoms with Gasteiger partial charge in [0.15, 0.2) is 0 Å². The average Bonchev–Trinajstić information content (AvgIpc) is 2.11. The largest absolute Gasteiger partial charge is 0.453 e. The van der Waals surface area contributed by atoms with Crippen LogP contribution in [0.2, 0.25) is 0 Å². The monoisotopic (exact) mass is 189 g/mol. The average molecular weight is 189 g/mol. The second-order valence-electron chi connectivity index (χ2n) is 2.54. The SMILES string of the molecule is COC(=O)NCCNC(=O)N(C)C. The number of amides is 3. The summed E-state index contributed by atoms with van der Waals surface area (Å²) >= 11 is 0. The Labute approximate surface area is 77.2 Å². The van der Waals surface area contributed by atoms with E-state index in [1.807, 2.05) is 0 Å². The molecule has 0 bridgehead atoms. The zero-order valence-corrected chi connectivity index (χ0v) is 8.09. The summed E-state index contributed by atoms with van der Waals surface area (Å²) in [6, 6.07) is -0.188. The molecule has 0 radical (unpaired) electrons. The highest BCUT2D eigenvalue weighted by Gasteiger charge is 2.01. The Kier molecular flexibility index (Phi) is 5.42. The molecule has 0 aromatic heterocycles. The second-order valence-corrected chi connectivity index (χ2v) is 2.54. The van der Waals surface area contributed by atoms with E-state index in [0.29, 0.717) is 13.1 Å². The topological polar surface area (TPSA) is 70.7 Å². The number of ether oxygens (including phenoxy) is 1. The third-order valence-corrected chi connectivity index (χ3v) is 1.26. The maximum atomic E-state index is 10.9. The van der Waals surface area contributed by atoms with Crippen molar-refractivity contribution < 1.29 is 14.3 Å². The van der Waals surface area contributed by atoms with Crippen LogP contribution >= 0.6 is 0 Å². The van der Waals surface area contributed by atoms with Crippen LogP contribution in [0.25, 0.3) is 0 Å². The molecular weight excluding hydrogens is 174 g/mol. The smallest absolute Gasteiger partial charge is 0.406 e. The first-order chi connectivity index (χ1) is 6.07. The number of alkyl carbamates (subject to hydrolysis) is 1. The molecule has 0 aromatic carbocycles. The molecular formula is C7H15N3O3. The minimum atomic E-state index is -0.501. The molecule has 0 aromatic rings. The Bertz CT molecular complexity index is 182. The van der Waals surface area contributed by atoms with E-state index in [4.69, 9.17) is 0 Å². The quantitative estimate of drug-likeness (QED) is 0.594. The van der Waals surface area contributed by atoms with Crippen LogP contribution in [0.4, 0.5) is 9.59 Å². The summed E-state index contributed by atoms with van der Waals surface area (Å²) in [5, 5.41) is 5.01. The molecule has 0 aliphatic heterocycles. The summed E-state index contributed by atoms with van der Waals surface area (Å²) in [7, 11) is 4.57. The summed E-state index contributed by atoms with van der Waals surface area (Å²) in [5.41, 5.74) is 0. The number of carbonyl (C=O) groups is 2. The van der Waals surface area contributed by atoms with Crippen molar-refractivity contribution in [3.63, 3.8) is 0 Å². The predicted octanol–water partition coefficient (Wildman–Crippen LogP) is -0.386. The highest BCUT2D eigenvalue weighted by atomic mass is 16.5. The van der Waals surface area contributed by atoms with Crippen LogP contribution in [0.5, 0.6) is 0 Å². The lowest BCUT2D eigenvalue weighted by atomic mass is 10.6. The van der Waals surface area contributed by atoms with Gasteiger partial charge in [0, 0.05) is 27.2 Å². The highest BCUT2D eigenvalue weighted by molar-refractivity contribution is 5.73. The number of methoxy groups -OCH3 is 1. The maximum absolute atomic E-state index is 10.9. The lowest BCUT2D eigenvalue weighted by Crippen LogP contribution is -2.39. The van der Waals surface area contributed by atoms with Gasteiger partial charge in [0.1, 0.15) is 0 Å². The van der Waals surface area contributed by atoms with E-state index in [0.717, 1.165) is 0 Å². The molecule has 0 aliphatic carbocycles. The second kappa shape index (κ2) is 6.10. The van der Waals surface area contributed by atoms with Gasteiger partial charge < -0.3 is 20.3 Å². The molecule has 0 heterocycles. The molecule has 6 nitrogen and oxygen atoms in total. The fourth-order valence-corrected chi connectivity index (χ4v) is 0.564. The zero-order chi connectivity index (χ0) is 10.3. The van der Waals surface area contributed by atoms with Crippen molar-refractivity contribution in [1.82, 2.24) is 15.5 Å². The molecule has 0 fully saturated rings. The fourth-order valence-electron chi connectivity index (χ4n) is 0.564. The van der Waals surface area contributed by atoms with Gasteiger partial charge >= 0.3 is 12.1 Å². The normalized spacial score (nSPS) is 8.85. The van der Waals surface area contributed by atoms with Gasteiger partial charge in [-0.2, -0.15) is 0 Å². The number of nitrogens with one attached hydrogen (secondary N) is 2. The fraction of sp³-hybridized carbons (Fsp3) is 0.714. The Morgan fingerprint density at radius 1 is 1.23 bits per heavy atom. The first-order valence-corrected chi connectivity index (χ1v) is 3.85. The van der Waals surface area contributed by atoms with Gasteiger partial charge in [-0.25, -0.2) is 9.59 Å². The van der Waals surface area contributed by atoms with Crippen LogP contribution in [0.3, 0.4) is 0 Å². The van der Waals surface area contributed by atoms with E-state index < -0.39 is 6.09 Å². The predicted molar refractivity (Wildman–Crippen MR) is 47.5 cm³/mol. The van der Waals surface area contributed by atoms with Gasteiger partial charge in [-0.3, -0.25) is 0 Å².